The maximum atomic E-state index is 13.1. The minimum Gasteiger partial charge on any atom is -0.487 e. The van der Waals surface area contributed by atoms with Crippen LogP contribution in [0.5, 0.6) is 5.75 Å². The number of carbonyl (C=O) groups is 1. The van der Waals surface area contributed by atoms with Gasteiger partial charge in [-0.15, -0.1) is 0 Å². The maximum Gasteiger partial charge on any atom is 0.254 e. The van der Waals surface area contributed by atoms with Gasteiger partial charge >= 0.3 is 0 Å². The quantitative estimate of drug-likeness (QED) is 0.444. The van der Waals surface area contributed by atoms with Gasteiger partial charge in [0.25, 0.3) is 5.91 Å². The second-order valence-corrected chi connectivity index (χ2v) is 8.29. The summed E-state index contributed by atoms with van der Waals surface area (Å²) in [6, 6.07) is 25.0. The SMILES string of the molecule is N#CC(c1ccccc1)N1CCN(C(=O)c2cccc(OCc3cn4ccccc4n3)c2)CC1. The molecule has 2 aromatic carbocycles. The van der Waals surface area contributed by atoms with Gasteiger partial charge in [0, 0.05) is 44.1 Å². The molecule has 0 radical (unpaired) electrons. The molecule has 170 valence electrons. The topological polar surface area (TPSA) is 73.9 Å². The van der Waals surface area contributed by atoms with Crippen LogP contribution in [0.2, 0.25) is 0 Å². The summed E-state index contributed by atoms with van der Waals surface area (Å²) in [5.74, 6) is 0.612. The van der Waals surface area contributed by atoms with E-state index in [1.807, 2.05) is 88.4 Å². The van der Waals surface area contributed by atoms with Gasteiger partial charge in [-0.1, -0.05) is 42.5 Å². The number of rotatable bonds is 6. The fraction of sp³-hybridized carbons (Fsp3) is 0.222. The Balaban J connectivity index is 1.20. The van der Waals surface area contributed by atoms with E-state index in [1.165, 1.54) is 0 Å². The Morgan fingerprint density at radius 3 is 2.56 bits per heavy atom. The number of fused-ring (bicyclic) bond motifs is 1. The van der Waals surface area contributed by atoms with Gasteiger partial charge in [-0.2, -0.15) is 5.26 Å². The third-order valence-corrected chi connectivity index (χ3v) is 6.09. The zero-order valence-electron chi connectivity index (χ0n) is 18.7. The molecular formula is C27H25N5O2. The van der Waals surface area contributed by atoms with Crippen LogP contribution in [0.1, 0.15) is 27.7 Å². The highest BCUT2D eigenvalue weighted by Crippen LogP contribution is 2.23. The van der Waals surface area contributed by atoms with Crippen LogP contribution in [0.4, 0.5) is 0 Å². The number of carbonyl (C=O) groups excluding carboxylic acids is 1. The summed E-state index contributed by atoms with van der Waals surface area (Å²) in [4.78, 5) is 21.7. The summed E-state index contributed by atoms with van der Waals surface area (Å²) in [7, 11) is 0. The van der Waals surface area contributed by atoms with Gasteiger partial charge in [0.1, 0.15) is 24.0 Å². The molecule has 4 aromatic rings. The van der Waals surface area contributed by atoms with E-state index in [1.54, 1.807) is 6.07 Å². The van der Waals surface area contributed by atoms with Crippen LogP contribution in [0.3, 0.4) is 0 Å². The lowest BCUT2D eigenvalue weighted by Gasteiger charge is -2.37. The Labute approximate surface area is 198 Å². The molecule has 0 saturated carbocycles. The maximum absolute atomic E-state index is 13.1. The van der Waals surface area contributed by atoms with E-state index in [-0.39, 0.29) is 11.9 Å². The molecule has 1 unspecified atom stereocenters. The van der Waals surface area contributed by atoms with E-state index in [2.05, 4.69) is 16.0 Å². The van der Waals surface area contributed by atoms with Crippen molar-refractivity contribution in [3.8, 4) is 11.8 Å². The summed E-state index contributed by atoms with van der Waals surface area (Å²) < 4.78 is 7.87. The summed E-state index contributed by atoms with van der Waals surface area (Å²) in [5, 5.41) is 9.70. The van der Waals surface area contributed by atoms with E-state index in [4.69, 9.17) is 4.74 Å². The molecule has 3 heterocycles. The van der Waals surface area contributed by atoms with Crippen molar-refractivity contribution in [2.75, 3.05) is 26.2 Å². The number of nitrogens with zero attached hydrogens (tertiary/aromatic N) is 5. The number of amides is 1. The van der Waals surface area contributed by atoms with Crippen LogP contribution in [-0.4, -0.2) is 51.3 Å². The summed E-state index contributed by atoms with van der Waals surface area (Å²) >= 11 is 0. The molecule has 0 aliphatic carbocycles. The normalized spacial score (nSPS) is 15.1. The molecule has 1 amide bonds. The van der Waals surface area contributed by atoms with Crippen LogP contribution in [-0.2, 0) is 6.61 Å². The van der Waals surface area contributed by atoms with E-state index >= 15 is 0 Å². The fourth-order valence-electron chi connectivity index (χ4n) is 4.30. The number of benzene rings is 2. The Hall–Kier alpha value is -4.15. The Morgan fingerprint density at radius 1 is 1.00 bits per heavy atom. The zero-order chi connectivity index (χ0) is 23.3. The second-order valence-electron chi connectivity index (χ2n) is 8.29. The molecule has 7 nitrogen and oxygen atoms in total. The lowest BCUT2D eigenvalue weighted by atomic mass is 10.1. The number of nitriles is 1. The smallest absolute Gasteiger partial charge is 0.254 e. The van der Waals surface area contributed by atoms with E-state index in [9.17, 15) is 10.1 Å². The van der Waals surface area contributed by atoms with Crippen molar-refractivity contribution >= 4 is 11.6 Å². The molecule has 34 heavy (non-hydrogen) atoms. The minimum atomic E-state index is -0.296. The summed E-state index contributed by atoms with van der Waals surface area (Å²) in [5.41, 5.74) is 3.28. The van der Waals surface area contributed by atoms with Gasteiger partial charge in [0.2, 0.25) is 0 Å². The van der Waals surface area contributed by atoms with Crippen molar-refractivity contribution in [3.63, 3.8) is 0 Å². The average molecular weight is 452 g/mol. The van der Waals surface area contributed by atoms with Crippen LogP contribution in [0.25, 0.3) is 5.65 Å². The number of imidazole rings is 1. The number of piperazine rings is 1. The first-order valence-electron chi connectivity index (χ1n) is 11.3. The molecule has 0 N–H and O–H groups in total. The molecule has 1 atom stereocenters. The average Bonchev–Trinajstić information content (AvgIpc) is 3.32. The molecule has 7 heteroatoms. The minimum absolute atomic E-state index is 0.0222. The third-order valence-electron chi connectivity index (χ3n) is 6.09. The lowest BCUT2D eigenvalue weighted by molar-refractivity contribution is 0.0606. The summed E-state index contributed by atoms with van der Waals surface area (Å²) in [6.07, 6.45) is 3.89. The van der Waals surface area contributed by atoms with Crippen molar-refractivity contribution in [2.45, 2.75) is 12.6 Å². The molecule has 1 fully saturated rings. The van der Waals surface area contributed by atoms with Gasteiger partial charge in [-0.3, -0.25) is 9.69 Å². The Morgan fingerprint density at radius 2 is 1.79 bits per heavy atom. The van der Waals surface area contributed by atoms with Crippen molar-refractivity contribution in [1.82, 2.24) is 19.2 Å². The van der Waals surface area contributed by atoms with Crippen LogP contribution in [0, 0.1) is 11.3 Å². The molecule has 2 aromatic heterocycles. The fourth-order valence-corrected chi connectivity index (χ4v) is 4.30. The Bertz CT molecular complexity index is 1290. The standard InChI is InChI=1S/C27H25N5O2/c28-18-25(21-7-2-1-3-8-21)30-13-15-31(16-14-30)27(33)22-9-6-10-24(17-22)34-20-23-19-32-12-5-4-11-26(32)29-23/h1-12,17,19,25H,13-16,20H2. The predicted octanol–water partition coefficient (Wildman–Crippen LogP) is 3.94. The zero-order valence-corrected chi connectivity index (χ0v) is 18.7. The van der Waals surface area contributed by atoms with Crippen molar-refractivity contribution in [3.05, 3.63) is 102 Å². The van der Waals surface area contributed by atoms with Crippen LogP contribution >= 0.6 is 0 Å². The van der Waals surface area contributed by atoms with E-state index in [0.717, 1.165) is 16.9 Å². The first-order valence-corrected chi connectivity index (χ1v) is 11.3. The van der Waals surface area contributed by atoms with Crippen molar-refractivity contribution < 1.29 is 9.53 Å². The van der Waals surface area contributed by atoms with Crippen LogP contribution in [0.15, 0.2) is 85.2 Å². The highest BCUT2D eigenvalue weighted by molar-refractivity contribution is 5.94. The molecule has 1 saturated heterocycles. The molecule has 1 aliphatic rings. The molecule has 0 bridgehead atoms. The van der Waals surface area contributed by atoms with Crippen molar-refractivity contribution in [2.24, 2.45) is 0 Å². The first-order chi connectivity index (χ1) is 16.7. The molecule has 5 rings (SSSR count). The highest BCUT2D eigenvalue weighted by atomic mass is 16.5. The number of pyridine rings is 1. The van der Waals surface area contributed by atoms with E-state index < -0.39 is 0 Å². The number of aromatic nitrogens is 2. The molecular weight excluding hydrogens is 426 g/mol. The molecule has 1 aliphatic heterocycles. The number of hydrogen-bond acceptors (Lipinski definition) is 5. The van der Waals surface area contributed by atoms with Gasteiger partial charge in [-0.25, -0.2) is 4.98 Å². The largest absolute Gasteiger partial charge is 0.487 e. The monoisotopic (exact) mass is 451 g/mol. The van der Waals surface area contributed by atoms with Gasteiger partial charge in [-0.05, 0) is 35.9 Å². The highest BCUT2D eigenvalue weighted by Gasteiger charge is 2.27. The van der Waals surface area contributed by atoms with Crippen molar-refractivity contribution in [1.29, 1.82) is 5.26 Å². The predicted molar refractivity (Wildman–Crippen MR) is 128 cm³/mol. The van der Waals surface area contributed by atoms with E-state index in [0.29, 0.717) is 44.1 Å². The van der Waals surface area contributed by atoms with Gasteiger partial charge in [0.15, 0.2) is 0 Å². The second kappa shape index (κ2) is 9.77. The number of ether oxygens (including phenoxy) is 1. The third kappa shape index (κ3) is 4.63. The summed E-state index contributed by atoms with van der Waals surface area (Å²) in [6.45, 7) is 2.80. The lowest BCUT2D eigenvalue weighted by Crippen LogP contribution is -2.49. The Kier molecular flexibility index (Phi) is 6.23. The first kappa shape index (κ1) is 21.7. The van der Waals surface area contributed by atoms with Crippen LogP contribution < -0.4 is 4.74 Å². The number of hydrogen-bond donors (Lipinski definition) is 0. The van der Waals surface area contributed by atoms with Gasteiger partial charge < -0.3 is 14.0 Å². The van der Waals surface area contributed by atoms with Gasteiger partial charge in [0.05, 0.1) is 11.8 Å². The molecule has 0 spiro atoms.